The third kappa shape index (κ3) is 4.28. The number of fused-ring (bicyclic) bond motifs is 1. The summed E-state index contributed by atoms with van der Waals surface area (Å²) >= 11 is 2.88. The van der Waals surface area contributed by atoms with Gasteiger partial charge in [-0.2, -0.15) is 0 Å². The third-order valence-electron chi connectivity index (χ3n) is 4.34. The number of carbonyl (C=O) groups is 3. The van der Waals surface area contributed by atoms with E-state index in [-0.39, 0.29) is 0 Å². The molecule has 2 aromatic heterocycles. The number of nitrogens with two attached hydrogens (primary N) is 1. The van der Waals surface area contributed by atoms with Crippen LogP contribution in [0.5, 0.6) is 0 Å². The van der Waals surface area contributed by atoms with Crippen LogP contribution in [0.1, 0.15) is 44.6 Å². The fraction of sp³-hybridized carbons (Fsp3) is 0.316. The van der Waals surface area contributed by atoms with Gasteiger partial charge < -0.3 is 15.8 Å². The zero-order valence-corrected chi connectivity index (χ0v) is 16.7. The van der Waals surface area contributed by atoms with Gasteiger partial charge in [0.1, 0.15) is 5.00 Å². The van der Waals surface area contributed by atoms with Gasteiger partial charge in [-0.25, -0.2) is 4.79 Å². The molecule has 27 heavy (non-hydrogen) atoms. The first-order valence-electron chi connectivity index (χ1n) is 8.54. The van der Waals surface area contributed by atoms with E-state index in [9.17, 15) is 14.4 Å². The van der Waals surface area contributed by atoms with Crippen LogP contribution >= 0.6 is 22.7 Å². The molecule has 0 radical (unpaired) electrons. The second-order valence-corrected chi connectivity index (χ2v) is 8.35. The smallest absolute Gasteiger partial charge is 0.331 e. The Labute approximate surface area is 165 Å². The van der Waals surface area contributed by atoms with Crippen molar-refractivity contribution in [3.8, 4) is 0 Å². The Bertz CT molecular complexity index is 926. The van der Waals surface area contributed by atoms with Crippen LogP contribution in [0.25, 0.3) is 6.08 Å². The largest absolute Gasteiger partial charge is 0.449 e. The zero-order chi connectivity index (χ0) is 19.6. The van der Waals surface area contributed by atoms with Crippen LogP contribution in [0.3, 0.4) is 0 Å². The highest BCUT2D eigenvalue weighted by Crippen LogP contribution is 2.38. The molecule has 2 amide bonds. The Morgan fingerprint density at radius 2 is 2.11 bits per heavy atom. The van der Waals surface area contributed by atoms with Gasteiger partial charge in [0, 0.05) is 15.8 Å². The predicted octanol–water partition coefficient (Wildman–Crippen LogP) is 3.29. The van der Waals surface area contributed by atoms with E-state index < -0.39 is 23.9 Å². The lowest BCUT2D eigenvalue weighted by Gasteiger charge is -2.12. The summed E-state index contributed by atoms with van der Waals surface area (Å²) in [5.41, 5.74) is 7.87. The molecule has 8 heteroatoms. The zero-order valence-electron chi connectivity index (χ0n) is 15.0. The molecule has 6 nitrogen and oxygen atoms in total. The molecule has 0 aromatic carbocycles. The monoisotopic (exact) mass is 404 g/mol. The van der Waals surface area contributed by atoms with E-state index in [4.69, 9.17) is 10.5 Å². The number of rotatable bonds is 6. The van der Waals surface area contributed by atoms with Crippen LogP contribution in [-0.2, 0) is 27.2 Å². The standard InChI is InChI=1S/C19H20N2O4S2/c1-10-8-9-26-13(10)6-7-15(22)25-11(2)18(24)21-19-16(17(20)23)12-4-3-5-14(12)27-19/h6-9,11H,3-5H2,1-2H3,(H2,20,23)(H,21,24)/b7-6+/t11-/m0/s1. The first-order chi connectivity index (χ1) is 12.9. The molecule has 0 bridgehead atoms. The van der Waals surface area contributed by atoms with E-state index in [1.807, 2.05) is 18.4 Å². The molecule has 0 saturated carbocycles. The van der Waals surface area contributed by atoms with Crippen LogP contribution < -0.4 is 11.1 Å². The number of primary amides is 1. The van der Waals surface area contributed by atoms with Gasteiger partial charge in [0.15, 0.2) is 6.10 Å². The fourth-order valence-corrected chi connectivity index (χ4v) is 5.05. The molecule has 0 fully saturated rings. The molecule has 0 unspecified atom stereocenters. The summed E-state index contributed by atoms with van der Waals surface area (Å²) in [6.45, 7) is 3.44. The predicted molar refractivity (Wildman–Crippen MR) is 107 cm³/mol. The highest BCUT2D eigenvalue weighted by molar-refractivity contribution is 7.17. The van der Waals surface area contributed by atoms with Crippen LogP contribution in [0.2, 0.25) is 0 Å². The summed E-state index contributed by atoms with van der Waals surface area (Å²) in [5.74, 6) is -1.65. The highest BCUT2D eigenvalue weighted by Gasteiger charge is 2.27. The van der Waals surface area contributed by atoms with Crippen LogP contribution in [0.4, 0.5) is 5.00 Å². The number of carbonyl (C=O) groups excluding carboxylic acids is 3. The minimum atomic E-state index is -0.996. The molecule has 1 aliphatic rings. The molecule has 2 heterocycles. The summed E-state index contributed by atoms with van der Waals surface area (Å²) in [6, 6.07) is 1.96. The fourth-order valence-electron chi connectivity index (χ4n) is 2.93. The second kappa shape index (κ2) is 8.06. The van der Waals surface area contributed by atoms with Crippen LogP contribution in [0.15, 0.2) is 17.5 Å². The van der Waals surface area contributed by atoms with Crippen molar-refractivity contribution >= 4 is 51.5 Å². The topological polar surface area (TPSA) is 98.5 Å². The van der Waals surface area contributed by atoms with Gasteiger partial charge >= 0.3 is 5.97 Å². The van der Waals surface area contributed by atoms with Gasteiger partial charge in [-0.3, -0.25) is 9.59 Å². The van der Waals surface area contributed by atoms with Gasteiger partial charge in [0.2, 0.25) is 0 Å². The van der Waals surface area contributed by atoms with Crippen molar-refractivity contribution in [3.05, 3.63) is 44.0 Å². The Morgan fingerprint density at radius 3 is 2.78 bits per heavy atom. The average molecular weight is 405 g/mol. The van der Waals surface area contributed by atoms with E-state index in [1.165, 1.54) is 35.7 Å². The first-order valence-corrected chi connectivity index (χ1v) is 10.2. The Hall–Kier alpha value is -2.45. The maximum Gasteiger partial charge on any atom is 0.331 e. The molecule has 1 atom stereocenters. The lowest BCUT2D eigenvalue weighted by molar-refractivity contribution is -0.148. The lowest BCUT2D eigenvalue weighted by atomic mass is 10.1. The van der Waals surface area contributed by atoms with Crippen molar-refractivity contribution in [3.63, 3.8) is 0 Å². The Kier molecular flexibility index (Phi) is 5.76. The first kappa shape index (κ1) is 19.3. The second-order valence-electron chi connectivity index (χ2n) is 6.30. The maximum absolute atomic E-state index is 12.4. The van der Waals surface area contributed by atoms with E-state index in [1.54, 1.807) is 6.08 Å². The lowest BCUT2D eigenvalue weighted by Crippen LogP contribution is -2.30. The Morgan fingerprint density at radius 1 is 1.33 bits per heavy atom. The Balaban J connectivity index is 1.63. The van der Waals surface area contributed by atoms with E-state index in [0.29, 0.717) is 10.6 Å². The number of anilines is 1. The van der Waals surface area contributed by atoms with Crippen molar-refractivity contribution in [2.24, 2.45) is 5.73 Å². The minimum Gasteiger partial charge on any atom is -0.449 e. The number of aryl methyl sites for hydroxylation is 2. The molecule has 2 aromatic rings. The number of esters is 1. The summed E-state index contributed by atoms with van der Waals surface area (Å²) in [5, 5.41) is 5.06. The summed E-state index contributed by atoms with van der Waals surface area (Å²) in [7, 11) is 0. The average Bonchev–Trinajstić information content (AvgIpc) is 3.28. The quantitative estimate of drug-likeness (QED) is 0.570. The SMILES string of the molecule is Cc1ccsc1/C=C/C(=O)O[C@@H](C)C(=O)Nc1sc2c(c1C(N)=O)CCC2. The number of amides is 2. The molecule has 0 saturated heterocycles. The minimum absolute atomic E-state index is 0.382. The number of hydrogen-bond acceptors (Lipinski definition) is 6. The number of ether oxygens (including phenoxy) is 1. The number of nitrogens with one attached hydrogen (secondary N) is 1. The van der Waals surface area contributed by atoms with Gasteiger partial charge in [0.25, 0.3) is 11.8 Å². The molecule has 0 aliphatic heterocycles. The summed E-state index contributed by atoms with van der Waals surface area (Å²) in [6.07, 6.45) is 4.63. The molecule has 142 valence electrons. The van der Waals surface area contributed by atoms with Gasteiger partial charge in [-0.05, 0) is 61.8 Å². The third-order valence-corrected chi connectivity index (χ3v) is 6.53. The van der Waals surface area contributed by atoms with E-state index in [2.05, 4.69) is 5.32 Å². The normalized spacial score (nSPS) is 14.1. The highest BCUT2D eigenvalue weighted by atomic mass is 32.1. The molecular weight excluding hydrogens is 384 g/mol. The van der Waals surface area contributed by atoms with Gasteiger partial charge in [-0.1, -0.05) is 0 Å². The van der Waals surface area contributed by atoms with E-state index >= 15 is 0 Å². The number of hydrogen-bond donors (Lipinski definition) is 2. The van der Waals surface area contributed by atoms with E-state index in [0.717, 1.165) is 40.1 Å². The molecular formula is C19H20N2O4S2. The number of thiophene rings is 2. The van der Waals surface area contributed by atoms with Crippen molar-refractivity contribution in [1.82, 2.24) is 0 Å². The molecule has 0 spiro atoms. The molecule has 3 N–H and O–H groups in total. The van der Waals surface area contributed by atoms with Crippen LogP contribution in [0, 0.1) is 6.92 Å². The van der Waals surface area contributed by atoms with Crippen molar-refractivity contribution in [2.75, 3.05) is 5.32 Å². The summed E-state index contributed by atoms with van der Waals surface area (Å²) in [4.78, 5) is 38.2. The van der Waals surface area contributed by atoms with Gasteiger partial charge in [-0.15, -0.1) is 22.7 Å². The molecule has 1 aliphatic carbocycles. The van der Waals surface area contributed by atoms with Crippen molar-refractivity contribution in [2.45, 2.75) is 39.2 Å². The van der Waals surface area contributed by atoms with Crippen LogP contribution in [-0.4, -0.2) is 23.9 Å². The maximum atomic E-state index is 12.4. The molecule has 3 rings (SSSR count). The summed E-state index contributed by atoms with van der Waals surface area (Å²) < 4.78 is 5.16. The van der Waals surface area contributed by atoms with Crippen molar-refractivity contribution < 1.29 is 19.1 Å². The van der Waals surface area contributed by atoms with Gasteiger partial charge in [0.05, 0.1) is 5.56 Å². The van der Waals surface area contributed by atoms with Crippen molar-refractivity contribution in [1.29, 1.82) is 0 Å².